The maximum atomic E-state index is 12.6. The molecule has 4 nitrogen and oxygen atoms in total. The quantitative estimate of drug-likeness (QED) is 0.865. The number of hydrogen-bond donors (Lipinski definition) is 0. The third kappa shape index (κ3) is 3.04. The molecule has 1 fully saturated rings. The SMILES string of the molecule is O=C1c2ccc(-c3cccs3)cc2CN1CCN1CCOCC1. The van der Waals surface area contributed by atoms with Crippen LogP contribution in [0.4, 0.5) is 0 Å². The zero-order chi connectivity index (χ0) is 15.6. The third-order valence-electron chi connectivity index (χ3n) is 4.58. The molecule has 0 unspecified atom stereocenters. The first-order valence-corrected chi connectivity index (χ1v) is 8.95. The van der Waals surface area contributed by atoms with Gasteiger partial charge in [-0.3, -0.25) is 9.69 Å². The summed E-state index contributed by atoms with van der Waals surface area (Å²) >= 11 is 1.74. The normalized spacial score (nSPS) is 18.4. The summed E-state index contributed by atoms with van der Waals surface area (Å²) in [6.45, 7) is 6.01. The van der Waals surface area contributed by atoms with Crippen molar-refractivity contribution in [3.63, 3.8) is 0 Å². The lowest BCUT2D eigenvalue weighted by Crippen LogP contribution is -2.41. The number of carbonyl (C=O) groups excluding carboxylic acids is 1. The van der Waals surface area contributed by atoms with Gasteiger partial charge in [-0.2, -0.15) is 0 Å². The highest BCUT2D eigenvalue weighted by molar-refractivity contribution is 7.13. The van der Waals surface area contributed by atoms with E-state index in [1.807, 2.05) is 11.0 Å². The zero-order valence-electron chi connectivity index (χ0n) is 13.0. The molecule has 2 aliphatic heterocycles. The lowest BCUT2D eigenvalue weighted by atomic mass is 10.1. The Morgan fingerprint density at radius 2 is 2.00 bits per heavy atom. The number of hydrogen-bond acceptors (Lipinski definition) is 4. The van der Waals surface area contributed by atoms with Gasteiger partial charge in [-0.15, -0.1) is 11.3 Å². The van der Waals surface area contributed by atoms with E-state index in [9.17, 15) is 4.79 Å². The minimum Gasteiger partial charge on any atom is -0.379 e. The molecule has 4 rings (SSSR count). The van der Waals surface area contributed by atoms with E-state index in [1.165, 1.54) is 10.4 Å². The van der Waals surface area contributed by atoms with Crippen molar-refractivity contribution in [1.82, 2.24) is 9.80 Å². The minimum absolute atomic E-state index is 0.172. The maximum Gasteiger partial charge on any atom is 0.254 e. The van der Waals surface area contributed by atoms with Crippen LogP contribution in [0.3, 0.4) is 0 Å². The zero-order valence-corrected chi connectivity index (χ0v) is 13.8. The highest BCUT2D eigenvalue weighted by Crippen LogP contribution is 2.30. The Morgan fingerprint density at radius 3 is 2.78 bits per heavy atom. The van der Waals surface area contributed by atoms with Gasteiger partial charge in [0.05, 0.1) is 13.2 Å². The van der Waals surface area contributed by atoms with E-state index in [1.54, 1.807) is 11.3 Å². The van der Waals surface area contributed by atoms with Crippen LogP contribution in [-0.4, -0.2) is 55.1 Å². The molecule has 120 valence electrons. The highest BCUT2D eigenvalue weighted by atomic mass is 32.1. The summed E-state index contributed by atoms with van der Waals surface area (Å²) in [6.07, 6.45) is 0. The molecule has 0 atom stereocenters. The van der Waals surface area contributed by atoms with Crippen LogP contribution in [0, 0.1) is 0 Å². The third-order valence-corrected chi connectivity index (χ3v) is 5.50. The molecule has 0 spiro atoms. The van der Waals surface area contributed by atoms with Gasteiger partial charge in [0.1, 0.15) is 0 Å². The van der Waals surface area contributed by atoms with Crippen LogP contribution in [0.15, 0.2) is 35.7 Å². The highest BCUT2D eigenvalue weighted by Gasteiger charge is 2.27. The van der Waals surface area contributed by atoms with Crippen molar-refractivity contribution in [3.8, 4) is 10.4 Å². The molecule has 2 aromatic rings. The van der Waals surface area contributed by atoms with E-state index in [4.69, 9.17) is 4.74 Å². The smallest absolute Gasteiger partial charge is 0.254 e. The Hall–Kier alpha value is -1.69. The summed E-state index contributed by atoms with van der Waals surface area (Å²) in [6, 6.07) is 10.4. The average Bonchev–Trinajstić information content (AvgIpc) is 3.22. The fraction of sp³-hybridized carbons (Fsp3) is 0.389. The molecule has 23 heavy (non-hydrogen) atoms. The number of thiophene rings is 1. The molecule has 1 amide bonds. The van der Waals surface area contributed by atoms with Gasteiger partial charge >= 0.3 is 0 Å². The van der Waals surface area contributed by atoms with Crippen LogP contribution in [0.2, 0.25) is 0 Å². The number of ether oxygens (including phenoxy) is 1. The number of rotatable bonds is 4. The Labute approximate surface area is 140 Å². The van der Waals surface area contributed by atoms with Crippen molar-refractivity contribution in [1.29, 1.82) is 0 Å². The molecule has 0 aliphatic carbocycles. The second-order valence-corrected chi connectivity index (χ2v) is 6.98. The van der Waals surface area contributed by atoms with Gasteiger partial charge in [0.25, 0.3) is 5.91 Å². The molecule has 1 aromatic heterocycles. The molecule has 2 aliphatic rings. The van der Waals surface area contributed by atoms with Crippen molar-refractivity contribution < 1.29 is 9.53 Å². The number of carbonyl (C=O) groups is 1. The van der Waals surface area contributed by atoms with Crippen LogP contribution >= 0.6 is 11.3 Å². The van der Waals surface area contributed by atoms with Gasteiger partial charge in [0, 0.05) is 43.2 Å². The van der Waals surface area contributed by atoms with Gasteiger partial charge < -0.3 is 9.64 Å². The number of fused-ring (bicyclic) bond motifs is 1. The number of nitrogens with zero attached hydrogens (tertiary/aromatic N) is 2. The first-order valence-electron chi connectivity index (χ1n) is 8.07. The van der Waals surface area contributed by atoms with Gasteiger partial charge in [-0.1, -0.05) is 12.1 Å². The second-order valence-electron chi connectivity index (χ2n) is 6.03. The van der Waals surface area contributed by atoms with E-state index >= 15 is 0 Å². The molecule has 1 aromatic carbocycles. The van der Waals surface area contributed by atoms with Crippen molar-refractivity contribution in [3.05, 3.63) is 46.8 Å². The van der Waals surface area contributed by atoms with E-state index in [0.29, 0.717) is 0 Å². The van der Waals surface area contributed by atoms with Crippen LogP contribution < -0.4 is 0 Å². The Bertz CT molecular complexity index is 693. The van der Waals surface area contributed by atoms with Crippen molar-refractivity contribution in [2.75, 3.05) is 39.4 Å². The molecule has 0 saturated carbocycles. The van der Waals surface area contributed by atoms with Crippen molar-refractivity contribution in [2.45, 2.75) is 6.54 Å². The summed E-state index contributed by atoms with van der Waals surface area (Å²) in [4.78, 5) is 18.2. The molecule has 3 heterocycles. The summed E-state index contributed by atoms with van der Waals surface area (Å²) in [5.41, 5.74) is 3.23. The lowest BCUT2D eigenvalue weighted by Gasteiger charge is -2.28. The molecule has 5 heteroatoms. The van der Waals surface area contributed by atoms with Crippen molar-refractivity contribution >= 4 is 17.2 Å². The van der Waals surface area contributed by atoms with E-state index in [2.05, 4.69) is 34.5 Å². The first-order chi connectivity index (χ1) is 11.3. The van der Waals surface area contributed by atoms with Gasteiger partial charge in [-0.25, -0.2) is 0 Å². The molecular weight excluding hydrogens is 308 g/mol. The van der Waals surface area contributed by atoms with Crippen LogP contribution in [-0.2, 0) is 11.3 Å². The number of morpholine rings is 1. The number of amides is 1. The fourth-order valence-corrected chi connectivity index (χ4v) is 3.97. The van der Waals surface area contributed by atoms with E-state index in [0.717, 1.165) is 57.1 Å². The van der Waals surface area contributed by atoms with Crippen LogP contribution in [0.5, 0.6) is 0 Å². The van der Waals surface area contributed by atoms with Crippen molar-refractivity contribution in [2.24, 2.45) is 0 Å². The monoisotopic (exact) mass is 328 g/mol. The van der Waals surface area contributed by atoms with Gasteiger partial charge in [-0.05, 0) is 34.7 Å². The lowest BCUT2D eigenvalue weighted by molar-refractivity contribution is 0.0327. The van der Waals surface area contributed by atoms with Gasteiger partial charge in [0.15, 0.2) is 0 Å². The molecular formula is C18H20N2O2S. The Balaban J connectivity index is 1.45. The standard InChI is InChI=1S/C18H20N2O2S/c21-18-16-4-3-14(17-2-1-11-23-17)12-15(16)13-20(18)6-5-19-7-9-22-10-8-19/h1-4,11-12H,5-10,13H2. The Kier molecular flexibility index (Phi) is 4.16. The van der Waals surface area contributed by atoms with E-state index in [-0.39, 0.29) is 5.91 Å². The second kappa shape index (κ2) is 6.43. The van der Waals surface area contributed by atoms with E-state index < -0.39 is 0 Å². The first kappa shape index (κ1) is 14.9. The van der Waals surface area contributed by atoms with Crippen LogP contribution in [0.1, 0.15) is 15.9 Å². The summed E-state index contributed by atoms with van der Waals surface area (Å²) < 4.78 is 5.37. The maximum absolute atomic E-state index is 12.6. The molecule has 0 N–H and O–H groups in total. The largest absolute Gasteiger partial charge is 0.379 e. The fourth-order valence-electron chi connectivity index (χ4n) is 3.24. The van der Waals surface area contributed by atoms with Crippen LogP contribution in [0.25, 0.3) is 10.4 Å². The number of benzene rings is 1. The topological polar surface area (TPSA) is 32.8 Å². The van der Waals surface area contributed by atoms with Gasteiger partial charge in [0.2, 0.25) is 0 Å². The molecule has 0 radical (unpaired) electrons. The minimum atomic E-state index is 0.172. The summed E-state index contributed by atoms with van der Waals surface area (Å²) in [7, 11) is 0. The predicted octanol–water partition coefficient (Wildman–Crippen LogP) is 2.70. The predicted molar refractivity (Wildman–Crippen MR) is 91.8 cm³/mol. The molecule has 1 saturated heterocycles. The summed E-state index contributed by atoms with van der Waals surface area (Å²) in [5, 5.41) is 2.09. The Morgan fingerprint density at radius 1 is 1.13 bits per heavy atom. The average molecular weight is 328 g/mol. The summed E-state index contributed by atoms with van der Waals surface area (Å²) in [5.74, 6) is 0.172. The molecule has 0 bridgehead atoms.